The largest absolute Gasteiger partial charge is 0.473 e. The van der Waals surface area contributed by atoms with Crippen LogP contribution < -0.4 is 4.74 Å². The number of aryl methyl sites for hydroxylation is 2. The number of aromatic nitrogens is 2. The normalized spacial score (nSPS) is 18.3. The fraction of sp³-hybridized carbons (Fsp3) is 0.471. The van der Waals surface area contributed by atoms with Crippen molar-refractivity contribution in [1.82, 2.24) is 14.3 Å². The Morgan fingerprint density at radius 3 is 2.81 bits per heavy atom. The summed E-state index contributed by atoms with van der Waals surface area (Å²) in [5.41, 5.74) is 0.791. The van der Waals surface area contributed by atoms with Crippen molar-refractivity contribution in [2.24, 2.45) is 0 Å². The number of methoxy groups -OCH3 is 1. The van der Waals surface area contributed by atoms with Crippen LogP contribution in [-0.2, 0) is 14.8 Å². The summed E-state index contributed by atoms with van der Waals surface area (Å²) in [6.45, 7) is 4.20. The molecule has 27 heavy (non-hydrogen) atoms. The summed E-state index contributed by atoms with van der Waals surface area (Å²) < 4.78 is 38.0. The molecule has 2 aromatic heterocycles. The van der Waals surface area contributed by atoms with Crippen LogP contribution in [0.3, 0.4) is 0 Å². The molecule has 0 radical (unpaired) electrons. The maximum Gasteiger partial charge on any atom is 0.349 e. The Labute approximate surface area is 162 Å². The minimum atomic E-state index is -3.82. The number of ether oxygens (including phenoxy) is 2. The van der Waals surface area contributed by atoms with Crippen LogP contribution in [0, 0.1) is 13.8 Å². The van der Waals surface area contributed by atoms with Crippen LogP contribution in [0.4, 0.5) is 0 Å². The highest BCUT2D eigenvalue weighted by Gasteiger charge is 2.34. The number of thiophene rings is 1. The molecule has 1 saturated heterocycles. The summed E-state index contributed by atoms with van der Waals surface area (Å²) in [5, 5.41) is 1.57. The number of nitrogens with zero attached hydrogens (tertiary/aromatic N) is 3. The minimum Gasteiger partial charge on any atom is -0.473 e. The van der Waals surface area contributed by atoms with E-state index in [4.69, 9.17) is 4.74 Å². The maximum atomic E-state index is 13.0. The Balaban J connectivity index is 1.79. The zero-order valence-corrected chi connectivity index (χ0v) is 17.0. The van der Waals surface area contributed by atoms with Gasteiger partial charge in [0.15, 0.2) is 0 Å². The predicted octanol–water partition coefficient (Wildman–Crippen LogP) is 2.17. The highest BCUT2D eigenvalue weighted by molar-refractivity contribution is 7.89. The van der Waals surface area contributed by atoms with E-state index in [0.29, 0.717) is 24.7 Å². The lowest BCUT2D eigenvalue weighted by Crippen LogP contribution is -2.44. The molecular formula is C17H21N3O5S2. The Morgan fingerprint density at radius 1 is 1.33 bits per heavy atom. The van der Waals surface area contributed by atoms with Crippen molar-refractivity contribution >= 4 is 27.3 Å². The molecule has 1 fully saturated rings. The second-order valence-electron chi connectivity index (χ2n) is 6.25. The van der Waals surface area contributed by atoms with Crippen molar-refractivity contribution in [3.63, 3.8) is 0 Å². The Kier molecular flexibility index (Phi) is 5.78. The van der Waals surface area contributed by atoms with Gasteiger partial charge in [0.2, 0.25) is 15.9 Å². The van der Waals surface area contributed by atoms with E-state index in [0.717, 1.165) is 23.5 Å². The van der Waals surface area contributed by atoms with Crippen LogP contribution in [0.5, 0.6) is 5.88 Å². The number of hydrogen-bond acceptors (Lipinski definition) is 8. The van der Waals surface area contributed by atoms with Crippen LogP contribution in [0.15, 0.2) is 22.4 Å². The van der Waals surface area contributed by atoms with Crippen molar-refractivity contribution in [2.45, 2.75) is 37.7 Å². The molecule has 3 rings (SSSR count). The molecule has 0 amide bonds. The summed E-state index contributed by atoms with van der Waals surface area (Å²) in [6, 6.07) is 3.17. The second-order valence-corrected chi connectivity index (χ2v) is 9.07. The summed E-state index contributed by atoms with van der Waals surface area (Å²) >= 11 is 1.05. The first kappa shape index (κ1) is 19.7. The molecule has 0 bridgehead atoms. The van der Waals surface area contributed by atoms with E-state index in [1.807, 2.05) is 6.92 Å². The van der Waals surface area contributed by atoms with Crippen molar-refractivity contribution < 1.29 is 22.7 Å². The van der Waals surface area contributed by atoms with E-state index in [1.54, 1.807) is 18.4 Å². The van der Waals surface area contributed by atoms with Gasteiger partial charge in [-0.05, 0) is 38.1 Å². The smallest absolute Gasteiger partial charge is 0.349 e. The quantitative estimate of drug-likeness (QED) is 0.695. The second kappa shape index (κ2) is 7.91. The number of hydrogen-bond donors (Lipinski definition) is 0. The molecule has 1 unspecified atom stereocenters. The molecule has 1 atom stereocenters. The first-order chi connectivity index (χ1) is 12.8. The third-order valence-electron chi connectivity index (χ3n) is 4.19. The van der Waals surface area contributed by atoms with Crippen LogP contribution in [0.2, 0.25) is 0 Å². The fourth-order valence-electron chi connectivity index (χ4n) is 3.01. The van der Waals surface area contributed by atoms with Gasteiger partial charge in [0, 0.05) is 18.3 Å². The number of rotatable bonds is 5. The van der Waals surface area contributed by atoms with Crippen LogP contribution in [0.25, 0.3) is 0 Å². The van der Waals surface area contributed by atoms with Crippen molar-refractivity contribution in [1.29, 1.82) is 0 Å². The van der Waals surface area contributed by atoms with Gasteiger partial charge in [-0.25, -0.2) is 18.2 Å². The molecule has 1 aliphatic rings. The SMILES string of the molecule is COC(=O)c1sccc1S(=O)(=O)N1CCCC(Oc2cc(C)nc(C)n2)C1. The molecule has 146 valence electrons. The molecule has 0 N–H and O–H groups in total. The van der Waals surface area contributed by atoms with Gasteiger partial charge in [0.25, 0.3) is 0 Å². The Hall–Kier alpha value is -2.04. The average Bonchev–Trinajstić information content (AvgIpc) is 3.11. The molecule has 2 aromatic rings. The number of carbonyl (C=O) groups excluding carboxylic acids is 1. The number of carbonyl (C=O) groups is 1. The Bertz CT molecular complexity index is 922. The number of sulfonamides is 1. The predicted molar refractivity (Wildman–Crippen MR) is 99.6 cm³/mol. The zero-order valence-electron chi connectivity index (χ0n) is 15.3. The van der Waals surface area contributed by atoms with E-state index in [1.165, 1.54) is 17.5 Å². The van der Waals surface area contributed by atoms with Crippen molar-refractivity contribution in [2.75, 3.05) is 20.2 Å². The van der Waals surface area contributed by atoms with Gasteiger partial charge in [-0.2, -0.15) is 9.29 Å². The molecule has 3 heterocycles. The molecule has 10 heteroatoms. The van der Waals surface area contributed by atoms with Gasteiger partial charge in [-0.15, -0.1) is 11.3 Å². The monoisotopic (exact) mass is 411 g/mol. The standard InChI is InChI=1S/C17H21N3O5S2/c1-11-9-15(19-12(2)18-11)25-13-5-4-7-20(10-13)27(22,23)14-6-8-26-16(14)17(21)24-3/h6,8-9,13H,4-5,7,10H2,1-3H3. The molecule has 0 aliphatic carbocycles. The van der Waals surface area contributed by atoms with E-state index < -0.39 is 16.0 Å². The molecule has 0 saturated carbocycles. The van der Waals surface area contributed by atoms with Gasteiger partial charge in [0.05, 0.1) is 13.7 Å². The van der Waals surface area contributed by atoms with E-state index in [9.17, 15) is 13.2 Å². The Morgan fingerprint density at radius 2 is 2.11 bits per heavy atom. The molecule has 0 spiro atoms. The van der Waals surface area contributed by atoms with Gasteiger partial charge < -0.3 is 9.47 Å². The minimum absolute atomic E-state index is 0.0197. The number of piperidine rings is 1. The van der Waals surface area contributed by atoms with E-state index >= 15 is 0 Å². The highest BCUT2D eigenvalue weighted by atomic mass is 32.2. The van der Waals surface area contributed by atoms with Gasteiger partial charge in [-0.3, -0.25) is 0 Å². The first-order valence-corrected chi connectivity index (χ1v) is 10.8. The first-order valence-electron chi connectivity index (χ1n) is 8.46. The van der Waals surface area contributed by atoms with Gasteiger partial charge >= 0.3 is 5.97 Å². The third-order valence-corrected chi connectivity index (χ3v) is 7.12. The van der Waals surface area contributed by atoms with Gasteiger partial charge in [0.1, 0.15) is 21.7 Å². The van der Waals surface area contributed by atoms with E-state index in [2.05, 4.69) is 14.7 Å². The summed E-state index contributed by atoms with van der Waals surface area (Å²) in [5.74, 6) is 0.390. The topological polar surface area (TPSA) is 98.7 Å². The third kappa shape index (κ3) is 4.28. The average molecular weight is 412 g/mol. The lowest BCUT2D eigenvalue weighted by molar-refractivity contribution is 0.0602. The summed E-state index contributed by atoms with van der Waals surface area (Å²) in [6.07, 6.45) is 1.06. The van der Waals surface area contributed by atoms with Crippen LogP contribution in [0.1, 0.15) is 34.0 Å². The fourth-order valence-corrected chi connectivity index (χ4v) is 5.83. The molecule has 8 nitrogen and oxygen atoms in total. The lowest BCUT2D eigenvalue weighted by atomic mass is 10.1. The lowest BCUT2D eigenvalue weighted by Gasteiger charge is -2.31. The van der Waals surface area contributed by atoms with E-state index in [-0.39, 0.29) is 22.4 Å². The van der Waals surface area contributed by atoms with Crippen molar-refractivity contribution in [3.05, 3.63) is 33.9 Å². The molecular weight excluding hydrogens is 390 g/mol. The zero-order chi connectivity index (χ0) is 19.6. The highest BCUT2D eigenvalue weighted by Crippen LogP contribution is 2.28. The van der Waals surface area contributed by atoms with Crippen LogP contribution in [-0.4, -0.2) is 55.0 Å². The summed E-state index contributed by atoms with van der Waals surface area (Å²) in [4.78, 5) is 20.4. The van der Waals surface area contributed by atoms with Crippen LogP contribution >= 0.6 is 11.3 Å². The maximum absolute atomic E-state index is 13.0. The van der Waals surface area contributed by atoms with Crippen molar-refractivity contribution in [3.8, 4) is 5.88 Å². The van der Waals surface area contributed by atoms with Gasteiger partial charge in [-0.1, -0.05) is 0 Å². The number of esters is 1. The molecule has 0 aromatic carbocycles. The molecule has 1 aliphatic heterocycles. The summed E-state index contributed by atoms with van der Waals surface area (Å²) in [7, 11) is -2.58.